The smallest absolute Gasteiger partial charge is 0.156 e. The fourth-order valence-electron chi connectivity index (χ4n) is 10.2. The molecular formula is C60H35N3S. The lowest BCUT2D eigenvalue weighted by Crippen LogP contribution is -1.93. The summed E-state index contributed by atoms with van der Waals surface area (Å²) >= 11 is 1.84. The van der Waals surface area contributed by atoms with E-state index in [1.807, 2.05) is 17.5 Å². The molecule has 14 aromatic rings. The maximum absolute atomic E-state index is 5.39. The number of pyridine rings is 2. The minimum atomic E-state index is 1.00. The molecule has 0 radical (unpaired) electrons. The van der Waals surface area contributed by atoms with Crippen LogP contribution in [0.4, 0.5) is 0 Å². The molecule has 0 N–H and O–H groups in total. The first-order valence-electron chi connectivity index (χ1n) is 21.8. The third kappa shape index (κ3) is 5.40. The molecule has 0 aliphatic heterocycles. The van der Waals surface area contributed by atoms with Gasteiger partial charge in [0.05, 0.1) is 26.9 Å². The molecule has 0 saturated heterocycles. The van der Waals surface area contributed by atoms with Crippen LogP contribution in [0.2, 0.25) is 0 Å². The Hall–Kier alpha value is -8.18. The number of hydrogen-bond acceptors (Lipinski definition) is 3. The average Bonchev–Trinajstić information content (AvgIpc) is 3.91. The fourth-order valence-corrected chi connectivity index (χ4v) is 11.4. The molecule has 4 heterocycles. The van der Waals surface area contributed by atoms with E-state index >= 15 is 0 Å². The summed E-state index contributed by atoms with van der Waals surface area (Å²) in [6.07, 6.45) is 1.98. The molecule has 14 rings (SSSR count). The molecule has 0 bridgehead atoms. The molecule has 0 atom stereocenters. The van der Waals surface area contributed by atoms with Crippen molar-refractivity contribution in [3.63, 3.8) is 0 Å². The van der Waals surface area contributed by atoms with Gasteiger partial charge in [0.15, 0.2) is 5.65 Å². The van der Waals surface area contributed by atoms with Gasteiger partial charge in [-0.05, 0) is 113 Å². The monoisotopic (exact) mass is 829 g/mol. The minimum Gasteiger partial charge on any atom is -0.291 e. The molecule has 3 nitrogen and oxygen atoms in total. The van der Waals surface area contributed by atoms with Crippen LogP contribution in [-0.2, 0) is 0 Å². The Morgan fingerprint density at radius 2 is 0.922 bits per heavy atom. The van der Waals surface area contributed by atoms with Gasteiger partial charge >= 0.3 is 0 Å². The highest BCUT2D eigenvalue weighted by molar-refractivity contribution is 7.26. The third-order valence-corrected chi connectivity index (χ3v) is 14.5. The van der Waals surface area contributed by atoms with Crippen LogP contribution in [0.25, 0.3) is 135 Å². The summed E-state index contributed by atoms with van der Waals surface area (Å²) in [6, 6.07) is 75.5. The zero-order valence-electron chi connectivity index (χ0n) is 34.5. The van der Waals surface area contributed by atoms with E-state index in [2.05, 4.69) is 211 Å². The number of benzene rings is 10. The highest BCUT2D eigenvalue weighted by Crippen LogP contribution is 2.43. The molecule has 0 amide bonds. The second-order valence-electron chi connectivity index (χ2n) is 17.0. The van der Waals surface area contributed by atoms with Crippen LogP contribution in [0.1, 0.15) is 0 Å². The lowest BCUT2D eigenvalue weighted by atomic mass is 9.91. The van der Waals surface area contributed by atoms with Crippen molar-refractivity contribution < 1.29 is 0 Å². The van der Waals surface area contributed by atoms with Crippen LogP contribution in [-0.4, -0.2) is 14.4 Å². The SMILES string of the molecule is c1ccc2cc3c(cc2c1)nc1c2sc4cc5ccccc5cc4c2cc(-c2ccc(-c4ccc(-c5ccc(-c6ccc7c(c6)ncc6ccccc67)cc5)c5ccccc45)cc2)n31. The highest BCUT2D eigenvalue weighted by atomic mass is 32.1. The summed E-state index contributed by atoms with van der Waals surface area (Å²) in [5.41, 5.74) is 13.6. The molecule has 296 valence electrons. The molecule has 0 spiro atoms. The van der Waals surface area contributed by atoms with Gasteiger partial charge in [-0.25, -0.2) is 4.98 Å². The van der Waals surface area contributed by atoms with Crippen molar-refractivity contribution >= 4 is 102 Å². The standard InChI is InChI=1S/C60H35N3S/c1-4-12-43-33-58-52(29-40(43)9-1)53-34-56(63-57-32-42-11-3-2-10-41(42)31-55(57)62-60(63)59(53)64-58)39-23-21-38(22-24-39)48-28-27-47(49-15-7-8-16-50(48)49)37-19-17-36(18-20-37)44-25-26-51-46-14-6-5-13-45(46)35-61-54(51)30-44/h1-35H. The van der Waals surface area contributed by atoms with Gasteiger partial charge in [-0.3, -0.25) is 9.38 Å². The van der Waals surface area contributed by atoms with Gasteiger partial charge < -0.3 is 0 Å². The zero-order chi connectivity index (χ0) is 41.9. The Labute approximate surface area is 371 Å². The van der Waals surface area contributed by atoms with Gasteiger partial charge in [-0.15, -0.1) is 11.3 Å². The summed E-state index contributed by atoms with van der Waals surface area (Å²) < 4.78 is 4.89. The second kappa shape index (κ2) is 13.7. The summed E-state index contributed by atoms with van der Waals surface area (Å²) in [6.45, 7) is 0. The summed E-state index contributed by atoms with van der Waals surface area (Å²) in [4.78, 5) is 10.2. The Morgan fingerprint density at radius 3 is 1.62 bits per heavy atom. The predicted octanol–water partition coefficient (Wildman–Crippen LogP) is 16.7. The van der Waals surface area contributed by atoms with Crippen LogP contribution in [0.15, 0.2) is 212 Å². The summed E-state index contributed by atoms with van der Waals surface area (Å²) in [5.74, 6) is 0. The molecule has 4 aromatic heterocycles. The molecule has 0 aliphatic rings. The Balaban J connectivity index is 0.866. The van der Waals surface area contributed by atoms with E-state index < -0.39 is 0 Å². The number of hydrogen-bond donors (Lipinski definition) is 0. The van der Waals surface area contributed by atoms with Crippen LogP contribution in [0.5, 0.6) is 0 Å². The van der Waals surface area contributed by atoms with E-state index in [4.69, 9.17) is 9.97 Å². The number of rotatable bonds is 4. The first-order valence-corrected chi connectivity index (χ1v) is 22.6. The van der Waals surface area contributed by atoms with Gasteiger partial charge in [0.25, 0.3) is 0 Å². The van der Waals surface area contributed by atoms with E-state index in [0.29, 0.717) is 0 Å². The van der Waals surface area contributed by atoms with E-state index in [9.17, 15) is 0 Å². The third-order valence-electron chi connectivity index (χ3n) is 13.4. The number of aromatic nitrogens is 3. The van der Waals surface area contributed by atoms with E-state index in [0.717, 1.165) is 44.4 Å². The molecule has 64 heavy (non-hydrogen) atoms. The molecule has 0 fully saturated rings. The van der Waals surface area contributed by atoms with Crippen molar-refractivity contribution in [1.82, 2.24) is 14.4 Å². The van der Waals surface area contributed by atoms with Gasteiger partial charge in [0.1, 0.15) is 0 Å². The zero-order valence-corrected chi connectivity index (χ0v) is 35.3. The summed E-state index contributed by atoms with van der Waals surface area (Å²) in [7, 11) is 0. The fraction of sp³-hybridized carbons (Fsp3) is 0. The van der Waals surface area contributed by atoms with E-state index in [-0.39, 0.29) is 0 Å². The topological polar surface area (TPSA) is 30.2 Å². The molecule has 0 aliphatic carbocycles. The molecule has 10 aromatic carbocycles. The van der Waals surface area contributed by atoms with Crippen LogP contribution < -0.4 is 0 Å². The highest BCUT2D eigenvalue weighted by Gasteiger charge is 2.19. The van der Waals surface area contributed by atoms with E-state index in [1.165, 1.54) is 91.1 Å². The molecule has 4 heteroatoms. The van der Waals surface area contributed by atoms with Crippen LogP contribution >= 0.6 is 11.3 Å². The first-order chi connectivity index (χ1) is 31.7. The van der Waals surface area contributed by atoms with Crippen molar-refractivity contribution in [3.8, 4) is 44.6 Å². The van der Waals surface area contributed by atoms with E-state index in [1.54, 1.807) is 0 Å². The Bertz CT molecular complexity index is 4230. The van der Waals surface area contributed by atoms with Gasteiger partial charge in [-0.2, -0.15) is 0 Å². The number of imidazole rings is 1. The maximum Gasteiger partial charge on any atom is 0.156 e. The van der Waals surface area contributed by atoms with Gasteiger partial charge in [0.2, 0.25) is 0 Å². The average molecular weight is 830 g/mol. The normalized spacial score (nSPS) is 12.1. The number of fused-ring (bicyclic) bond motifs is 13. The van der Waals surface area contributed by atoms with Crippen molar-refractivity contribution in [3.05, 3.63) is 212 Å². The second-order valence-corrected chi connectivity index (χ2v) is 18.0. The number of thiophene rings is 1. The van der Waals surface area contributed by atoms with Crippen LogP contribution in [0, 0.1) is 0 Å². The molecule has 0 unspecified atom stereocenters. The Morgan fingerprint density at radius 1 is 0.359 bits per heavy atom. The predicted molar refractivity (Wildman–Crippen MR) is 273 cm³/mol. The lowest BCUT2D eigenvalue weighted by Gasteiger charge is -2.14. The number of nitrogens with zero attached hydrogens (tertiary/aromatic N) is 3. The van der Waals surface area contributed by atoms with Crippen molar-refractivity contribution in [2.45, 2.75) is 0 Å². The maximum atomic E-state index is 5.39. The molecular weight excluding hydrogens is 795 g/mol. The first kappa shape index (κ1) is 35.4. The lowest BCUT2D eigenvalue weighted by molar-refractivity contribution is 1.25. The minimum absolute atomic E-state index is 1.00. The largest absolute Gasteiger partial charge is 0.291 e. The van der Waals surface area contributed by atoms with Crippen molar-refractivity contribution in [2.24, 2.45) is 0 Å². The Kier molecular flexibility index (Phi) is 7.56. The van der Waals surface area contributed by atoms with Crippen molar-refractivity contribution in [2.75, 3.05) is 0 Å². The molecule has 0 saturated carbocycles. The van der Waals surface area contributed by atoms with Crippen molar-refractivity contribution in [1.29, 1.82) is 0 Å². The summed E-state index contributed by atoms with van der Waals surface area (Å²) in [5, 5.41) is 13.5. The van der Waals surface area contributed by atoms with Crippen LogP contribution in [0.3, 0.4) is 0 Å². The quantitative estimate of drug-likeness (QED) is 0.165. The van der Waals surface area contributed by atoms with Gasteiger partial charge in [0, 0.05) is 32.4 Å². The van der Waals surface area contributed by atoms with Gasteiger partial charge in [-0.1, -0.05) is 170 Å².